The van der Waals surface area contributed by atoms with Crippen molar-refractivity contribution < 1.29 is 4.79 Å². The molecule has 1 aliphatic carbocycles. The monoisotopic (exact) mass is 278 g/mol. The Morgan fingerprint density at radius 3 is 2.65 bits per heavy atom. The van der Waals surface area contributed by atoms with Gasteiger partial charge in [-0.15, -0.1) is 0 Å². The number of halogens is 1. The molecule has 0 aliphatic heterocycles. The first kappa shape index (κ1) is 11.7. The lowest BCUT2D eigenvalue weighted by molar-refractivity contribution is -0.108. The molecule has 20 heavy (non-hydrogen) atoms. The topological polar surface area (TPSA) is 17.1 Å². The molecule has 3 aromatic carbocycles. The highest BCUT2D eigenvalue weighted by Crippen LogP contribution is 2.47. The number of hydrogen-bond acceptors (Lipinski definition) is 1. The average molecular weight is 279 g/mol. The van der Waals surface area contributed by atoms with Crippen molar-refractivity contribution in [3.63, 3.8) is 0 Å². The molecule has 0 fully saturated rings. The van der Waals surface area contributed by atoms with Gasteiger partial charge >= 0.3 is 0 Å². The quantitative estimate of drug-likeness (QED) is 0.584. The Morgan fingerprint density at radius 1 is 0.950 bits per heavy atom. The van der Waals surface area contributed by atoms with Crippen LogP contribution in [0.5, 0.6) is 0 Å². The summed E-state index contributed by atoms with van der Waals surface area (Å²) in [5.41, 5.74) is 4.39. The third-order valence-electron chi connectivity index (χ3n) is 4.05. The average Bonchev–Trinajstić information content (AvgIpc) is 2.80. The van der Waals surface area contributed by atoms with Gasteiger partial charge in [0.25, 0.3) is 0 Å². The Hall–Kier alpha value is -2.12. The SMILES string of the molecule is O=CC1c2cc(Cl)ccc2-c2c1ccc1ccccc21. The lowest BCUT2D eigenvalue weighted by Gasteiger charge is -2.07. The summed E-state index contributed by atoms with van der Waals surface area (Å²) >= 11 is 6.09. The molecule has 0 bridgehead atoms. The van der Waals surface area contributed by atoms with Gasteiger partial charge < -0.3 is 4.79 Å². The van der Waals surface area contributed by atoms with Crippen LogP contribution in [-0.4, -0.2) is 6.29 Å². The molecule has 0 aromatic heterocycles. The molecule has 1 unspecified atom stereocenters. The zero-order valence-electron chi connectivity index (χ0n) is 10.6. The second kappa shape index (κ2) is 4.19. The van der Waals surface area contributed by atoms with Gasteiger partial charge in [-0.1, -0.05) is 54.1 Å². The summed E-state index contributed by atoms with van der Waals surface area (Å²) in [7, 11) is 0. The maximum Gasteiger partial charge on any atom is 0.131 e. The Kier molecular flexibility index (Phi) is 2.45. The van der Waals surface area contributed by atoms with Crippen molar-refractivity contribution in [1.29, 1.82) is 0 Å². The zero-order chi connectivity index (χ0) is 13.7. The molecule has 0 radical (unpaired) electrons. The van der Waals surface area contributed by atoms with Gasteiger partial charge in [0, 0.05) is 5.02 Å². The van der Waals surface area contributed by atoms with E-state index in [0.29, 0.717) is 5.02 Å². The third kappa shape index (κ3) is 1.47. The first-order valence-electron chi connectivity index (χ1n) is 6.56. The van der Waals surface area contributed by atoms with E-state index in [1.54, 1.807) is 0 Å². The van der Waals surface area contributed by atoms with E-state index in [4.69, 9.17) is 11.6 Å². The summed E-state index contributed by atoms with van der Waals surface area (Å²) < 4.78 is 0. The minimum atomic E-state index is -0.205. The highest BCUT2D eigenvalue weighted by molar-refractivity contribution is 6.30. The molecule has 0 heterocycles. The van der Waals surface area contributed by atoms with Crippen molar-refractivity contribution in [2.45, 2.75) is 5.92 Å². The minimum absolute atomic E-state index is 0.205. The smallest absolute Gasteiger partial charge is 0.131 e. The minimum Gasteiger partial charge on any atom is -0.302 e. The number of carbonyl (C=O) groups excluding carboxylic acids is 1. The molecule has 1 nitrogen and oxygen atoms in total. The molecule has 1 aliphatic rings. The summed E-state index contributed by atoms with van der Waals surface area (Å²) in [5, 5.41) is 3.06. The summed E-state index contributed by atoms with van der Waals surface area (Å²) in [6, 6.07) is 18.2. The Morgan fingerprint density at radius 2 is 1.80 bits per heavy atom. The van der Waals surface area contributed by atoms with Crippen LogP contribution in [0, 0.1) is 0 Å². The fraction of sp³-hybridized carbons (Fsp3) is 0.0556. The second-order valence-corrected chi connectivity index (χ2v) is 5.53. The zero-order valence-corrected chi connectivity index (χ0v) is 11.4. The molecule has 0 saturated heterocycles. The van der Waals surface area contributed by atoms with Crippen LogP contribution in [0.1, 0.15) is 17.0 Å². The highest BCUT2D eigenvalue weighted by atomic mass is 35.5. The Labute approximate surface area is 121 Å². The number of carbonyl (C=O) groups is 1. The van der Waals surface area contributed by atoms with E-state index in [9.17, 15) is 4.79 Å². The predicted octanol–water partition coefficient (Wildman–Crippen LogP) is 4.80. The maximum atomic E-state index is 11.5. The highest BCUT2D eigenvalue weighted by Gasteiger charge is 2.29. The van der Waals surface area contributed by atoms with Crippen LogP contribution in [0.3, 0.4) is 0 Å². The van der Waals surface area contributed by atoms with Gasteiger partial charge in [0.05, 0.1) is 5.92 Å². The van der Waals surface area contributed by atoms with Gasteiger partial charge in [-0.3, -0.25) is 0 Å². The van der Waals surface area contributed by atoms with Gasteiger partial charge in [0.2, 0.25) is 0 Å². The van der Waals surface area contributed by atoms with Crippen LogP contribution >= 0.6 is 11.6 Å². The summed E-state index contributed by atoms with van der Waals surface area (Å²) in [4.78, 5) is 11.5. The first-order valence-corrected chi connectivity index (χ1v) is 6.94. The summed E-state index contributed by atoms with van der Waals surface area (Å²) in [5.74, 6) is -0.205. The van der Waals surface area contributed by atoms with Crippen molar-refractivity contribution in [3.8, 4) is 11.1 Å². The standard InChI is InChI=1S/C18H11ClO/c19-12-6-8-14-16(9-12)17(10-20)15-7-5-11-3-1-2-4-13(11)18(14)15/h1-10,17H. The molecule has 0 N–H and O–H groups in total. The number of rotatable bonds is 1. The van der Waals surface area contributed by atoms with E-state index in [1.165, 1.54) is 16.3 Å². The largest absolute Gasteiger partial charge is 0.302 e. The lowest BCUT2D eigenvalue weighted by atomic mass is 9.96. The van der Waals surface area contributed by atoms with Gasteiger partial charge in [-0.25, -0.2) is 0 Å². The predicted molar refractivity (Wildman–Crippen MR) is 82.3 cm³/mol. The maximum absolute atomic E-state index is 11.5. The fourth-order valence-electron chi connectivity index (χ4n) is 3.18. The van der Waals surface area contributed by atoms with Crippen molar-refractivity contribution in [2.24, 2.45) is 0 Å². The summed E-state index contributed by atoms with van der Waals surface area (Å²) in [6.07, 6.45) is 1.01. The molecular weight excluding hydrogens is 268 g/mol. The Bertz CT molecular complexity index is 851. The van der Waals surface area contributed by atoms with Gasteiger partial charge in [0.1, 0.15) is 6.29 Å². The molecule has 3 aromatic rings. The number of fused-ring (bicyclic) bond motifs is 5. The van der Waals surface area contributed by atoms with Crippen LogP contribution in [0.4, 0.5) is 0 Å². The van der Waals surface area contributed by atoms with Crippen LogP contribution in [-0.2, 0) is 4.79 Å². The molecule has 96 valence electrons. The van der Waals surface area contributed by atoms with E-state index in [1.807, 2.05) is 30.3 Å². The van der Waals surface area contributed by atoms with Crippen LogP contribution in [0.2, 0.25) is 5.02 Å². The molecule has 4 rings (SSSR count). The molecule has 0 saturated carbocycles. The number of aldehydes is 1. The normalized spacial score (nSPS) is 15.9. The number of hydrogen-bond donors (Lipinski definition) is 0. The number of benzene rings is 3. The van der Waals surface area contributed by atoms with Crippen LogP contribution in [0.15, 0.2) is 54.6 Å². The Balaban J connectivity index is 2.16. The van der Waals surface area contributed by atoms with Gasteiger partial charge in [-0.2, -0.15) is 0 Å². The molecule has 0 spiro atoms. The van der Waals surface area contributed by atoms with Crippen molar-refractivity contribution in [1.82, 2.24) is 0 Å². The van der Waals surface area contributed by atoms with Crippen LogP contribution < -0.4 is 0 Å². The van der Waals surface area contributed by atoms with E-state index < -0.39 is 0 Å². The first-order chi connectivity index (χ1) is 9.79. The molecule has 1 atom stereocenters. The van der Waals surface area contributed by atoms with Crippen LogP contribution in [0.25, 0.3) is 21.9 Å². The van der Waals surface area contributed by atoms with E-state index >= 15 is 0 Å². The van der Waals surface area contributed by atoms with Crippen molar-refractivity contribution in [2.75, 3.05) is 0 Å². The van der Waals surface area contributed by atoms with Gasteiger partial charge in [-0.05, 0) is 45.2 Å². The molecule has 0 amide bonds. The van der Waals surface area contributed by atoms with Crippen molar-refractivity contribution in [3.05, 3.63) is 70.7 Å². The molecular formula is C18H11ClO. The van der Waals surface area contributed by atoms with E-state index in [2.05, 4.69) is 24.3 Å². The molecule has 2 heteroatoms. The summed E-state index contributed by atoms with van der Waals surface area (Å²) in [6.45, 7) is 0. The third-order valence-corrected chi connectivity index (χ3v) is 4.29. The lowest BCUT2D eigenvalue weighted by Crippen LogP contribution is -1.97. The van der Waals surface area contributed by atoms with E-state index in [0.717, 1.165) is 23.0 Å². The van der Waals surface area contributed by atoms with E-state index in [-0.39, 0.29) is 5.92 Å². The van der Waals surface area contributed by atoms with Crippen molar-refractivity contribution >= 4 is 28.7 Å². The van der Waals surface area contributed by atoms with Gasteiger partial charge in [0.15, 0.2) is 0 Å². The second-order valence-electron chi connectivity index (χ2n) is 5.10. The fourth-order valence-corrected chi connectivity index (χ4v) is 3.36.